The number of hydrogen-bond acceptors (Lipinski definition) is 11. The molecule has 2 aliphatic heterocycles. The average Bonchev–Trinajstić information content (AvgIpc) is 2.89. The summed E-state index contributed by atoms with van der Waals surface area (Å²) in [5.74, 6) is 0. The standard InChI is InChI=1S/C30H68N6O9Si6/c1-46(2,3)40-23-21(19-33-35-31)37-29(27(44-50(13,14)15)25(23)42-48(7,8)9)39-30-28(45-51(16,17)18)26(43-49(10,11)12)24(41-47(4,5)6)22(38-30)20-34-36-32/h21-30H,19-20H2,1-18H3/t21-,22-,23-,24-,25+,26+,27-,28-,29-,30-/m1/s1. The van der Waals surface area contributed by atoms with Crippen molar-refractivity contribution in [1.82, 2.24) is 0 Å². The van der Waals surface area contributed by atoms with Gasteiger partial charge in [0.1, 0.15) is 24.4 Å². The zero-order valence-electron chi connectivity index (χ0n) is 34.5. The van der Waals surface area contributed by atoms with Crippen molar-refractivity contribution in [3.63, 3.8) is 0 Å². The maximum absolute atomic E-state index is 9.38. The molecule has 0 aliphatic carbocycles. The normalized spacial score (nSPS) is 31.5. The Morgan fingerprint density at radius 2 is 0.647 bits per heavy atom. The highest BCUT2D eigenvalue weighted by atomic mass is 28.4. The Hall–Kier alpha value is -0.439. The molecule has 2 fully saturated rings. The lowest BCUT2D eigenvalue weighted by Crippen LogP contribution is -2.69. The fourth-order valence-electron chi connectivity index (χ4n) is 5.89. The fourth-order valence-corrected chi connectivity index (χ4v) is 12.4. The molecule has 2 aliphatic rings. The van der Waals surface area contributed by atoms with Gasteiger partial charge in [-0.05, 0) is 129 Å². The highest BCUT2D eigenvalue weighted by Crippen LogP contribution is 2.39. The van der Waals surface area contributed by atoms with E-state index in [0.29, 0.717) is 0 Å². The van der Waals surface area contributed by atoms with E-state index in [9.17, 15) is 11.1 Å². The van der Waals surface area contributed by atoms with Crippen molar-refractivity contribution in [2.24, 2.45) is 10.2 Å². The van der Waals surface area contributed by atoms with E-state index in [-0.39, 0.29) is 13.1 Å². The molecule has 0 unspecified atom stereocenters. The summed E-state index contributed by atoms with van der Waals surface area (Å²) < 4.78 is 61.9. The van der Waals surface area contributed by atoms with E-state index in [1.807, 2.05) is 0 Å². The molecular formula is C30H68N6O9Si6. The minimum atomic E-state index is -2.28. The fraction of sp³-hybridized carbons (Fsp3) is 1.00. The number of nitrogens with zero attached hydrogens (tertiary/aromatic N) is 6. The highest BCUT2D eigenvalue weighted by Gasteiger charge is 2.56. The lowest BCUT2D eigenvalue weighted by molar-refractivity contribution is -0.363. The molecular weight excluding hydrogens is 757 g/mol. The summed E-state index contributed by atoms with van der Waals surface area (Å²) in [7, 11) is -13.4. The minimum absolute atomic E-state index is 0.00405. The Labute approximate surface area is 313 Å². The number of rotatable bonds is 18. The van der Waals surface area contributed by atoms with Gasteiger partial charge in [0.15, 0.2) is 62.5 Å². The first-order chi connectivity index (χ1) is 22.9. The molecule has 51 heavy (non-hydrogen) atoms. The zero-order chi connectivity index (χ0) is 39.4. The van der Waals surface area contributed by atoms with Crippen molar-refractivity contribution < 1.29 is 40.8 Å². The zero-order valence-corrected chi connectivity index (χ0v) is 40.5. The molecule has 15 nitrogen and oxygen atoms in total. The van der Waals surface area contributed by atoms with Crippen LogP contribution in [0, 0.1) is 0 Å². The van der Waals surface area contributed by atoms with E-state index in [0.717, 1.165) is 0 Å². The minimum Gasteiger partial charge on any atom is -0.409 e. The third-order valence-corrected chi connectivity index (χ3v) is 12.9. The van der Waals surface area contributed by atoms with E-state index in [4.69, 9.17) is 40.8 Å². The number of hydrogen-bond donors (Lipinski definition) is 0. The summed E-state index contributed by atoms with van der Waals surface area (Å²) in [5, 5.41) is 7.85. The molecule has 296 valence electrons. The van der Waals surface area contributed by atoms with Gasteiger partial charge < -0.3 is 40.8 Å². The van der Waals surface area contributed by atoms with Crippen LogP contribution < -0.4 is 0 Å². The molecule has 0 aromatic heterocycles. The van der Waals surface area contributed by atoms with E-state index in [1.54, 1.807) is 0 Å². The first-order valence-corrected chi connectivity index (χ1v) is 38.4. The Bertz CT molecular complexity index is 1130. The monoisotopic (exact) mass is 824 g/mol. The predicted octanol–water partition coefficient (Wildman–Crippen LogP) is 8.39. The molecule has 2 heterocycles. The van der Waals surface area contributed by atoms with Gasteiger partial charge in [-0.2, -0.15) is 0 Å². The lowest BCUT2D eigenvalue weighted by atomic mass is 9.97. The highest BCUT2D eigenvalue weighted by molar-refractivity contribution is 6.71. The van der Waals surface area contributed by atoms with Gasteiger partial charge in [-0.1, -0.05) is 10.2 Å². The maximum Gasteiger partial charge on any atom is 0.188 e. The Morgan fingerprint density at radius 1 is 0.412 bits per heavy atom. The van der Waals surface area contributed by atoms with E-state index in [2.05, 4.69) is 138 Å². The summed E-state index contributed by atoms with van der Waals surface area (Å²) >= 11 is 0. The van der Waals surface area contributed by atoms with Crippen LogP contribution >= 0.6 is 0 Å². The van der Waals surface area contributed by atoms with Crippen LogP contribution in [0.1, 0.15) is 0 Å². The van der Waals surface area contributed by atoms with Crippen molar-refractivity contribution in [3.05, 3.63) is 20.9 Å². The van der Waals surface area contributed by atoms with Crippen LogP contribution in [0.5, 0.6) is 0 Å². The molecule has 0 aromatic carbocycles. The quantitative estimate of drug-likeness (QED) is 0.0568. The molecule has 0 aromatic rings. The summed E-state index contributed by atoms with van der Waals surface area (Å²) in [6, 6.07) is 0. The van der Waals surface area contributed by atoms with Crippen LogP contribution in [0.2, 0.25) is 118 Å². The molecule has 0 radical (unpaired) electrons. The first-order valence-electron chi connectivity index (χ1n) is 18.0. The van der Waals surface area contributed by atoms with Gasteiger partial charge >= 0.3 is 0 Å². The molecule has 2 saturated heterocycles. The predicted molar refractivity (Wildman–Crippen MR) is 216 cm³/mol. The Morgan fingerprint density at radius 3 is 0.882 bits per heavy atom. The van der Waals surface area contributed by atoms with Gasteiger partial charge in [-0.15, -0.1) is 0 Å². The van der Waals surface area contributed by atoms with Gasteiger partial charge in [0.2, 0.25) is 0 Å². The Kier molecular flexibility index (Phi) is 16.5. The van der Waals surface area contributed by atoms with Crippen LogP contribution in [0.3, 0.4) is 0 Å². The molecule has 21 heteroatoms. The third kappa shape index (κ3) is 16.9. The second-order valence-electron chi connectivity index (χ2n) is 19.2. The van der Waals surface area contributed by atoms with Gasteiger partial charge in [-0.3, -0.25) is 0 Å². The summed E-state index contributed by atoms with van der Waals surface area (Å²) in [6.07, 6.45) is -7.23. The van der Waals surface area contributed by atoms with Crippen LogP contribution in [0.15, 0.2) is 10.2 Å². The van der Waals surface area contributed by atoms with Crippen molar-refractivity contribution in [1.29, 1.82) is 0 Å². The molecule has 0 saturated carbocycles. The van der Waals surface area contributed by atoms with Gasteiger partial charge in [-0.25, -0.2) is 0 Å². The molecule has 10 atom stereocenters. The summed E-state index contributed by atoms with van der Waals surface area (Å²) in [4.78, 5) is 6.10. The third-order valence-electron chi connectivity index (χ3n) is 7.04. The maximum atomic E-state index is 9.38. The number of ether oxygens (including phenoxy) is 3. The topological polar surface area (TPSA) is 181 Å². The SMILES string of the molecule is C[Si](C)(C)O[C@@H]1[C@@H](O[Si](C)(C)C)[C@@H](O[C@H]2O[C@H](CN=[N+]=[N-])[C@@H](O[Si](C)(C)C)[C@H](O[Si](C)(C)C)[C@H]2O[Si](C)(C)C)O[C@H](CN=[N+]=[N-])[C@H]1O[Si](C)(C)C. The van der Waals surface area contributed by atoms with Crippen LogP contribution in [-0.2, 0) is 40.8 Å². The first kappa shape index (κ1) is 46.7. The van der Waals surface area contributed by atoms with Crippen molar-refractivity contribution in [2.45, 2.75) is 179 Å². The summed E-state index contributed by atoms with van der Waals surface area (Å²) in [6.45, 7) is 38.0. The second-order valence-corrected chi connectivity index (χ2v) is 46.0. The van der Waals surface area contributed by atoms with Crippen molar-refractivity contribution in [3.8, 4) is 0 Å². The van der Waals surface area contributed by atoms with Crippen LogP contribution in [0.25, 0.3) is 20.9 Å². The average molecular weight is 825 g/mol. The largest absolute Gasteiger partial charge is 0.409 e. The van der Waals surface area contributed by atoms with Gasteiger partial charge in [0.05, 0.1) is 37.5 Å². The van der Waals surface area contributed by atoms with Crippen molar-refractivity contribution in [2.75, 3.05) is 13.1 Å². The molecule has 0 spiro atoms. The molecule has 0 N–H and O–H groups in total. The van der Waals surface area contributed by atoms with Gasteiger partial charge in [0.25, 0.3) is 0 Å². The number of azide groups is 2. The summed E-state index contributed by atoms with van der Waals surface area (Å²) in [5.41, 5.74) is 18.8. The second kappa shape index (κ2) is 18.0. The lowest BCUT2D eigenvalue weighted by Gasteiger charge is -2.53. The van der Waals surface area contributed by atoms with E-state index < -0.39 is 111 Å². The van der Waals surface area contributed by atoms with Gasteiger partial charge in [0, 0.05) is 9.82 Å². The Balaban J connectivity index is 2.84. The molecule has 0 amide bonds. The van der Waals surface area contributed by atoms with E-state index >= 15 is 0 Å². The van der Waals surface area contributed by atoms with Crippen LogP contribution in [-0.4, -0.2) is 124 Å². The van der Waals surface area contributed by atoms with Crippen LogP contribution in [0.4, 0.5) is 0 Å². The smallest absolute Gasteiger partial charge is 0.188 e. The van der Waals surface area contributed by atoms with E-state index in [1.165, 1.54) is 0 Å². The van der Waals surface area contributed by atoms with Crippen molar-refractivity contribution >= 4 is 49.9 Å². The molecule has 2 rings (SSSR count). The molecule has 0 bridgehead atoms.